The van der Waals surface area contributed by atoms with Crippen molar-refractivity contribution in [2.45, 2.75) is 19.4 Å². The van der Waals surface area contributed by atoms with E-state index in [4.69, 9.17) is 10.8 Å². The molecule has 1 rings (SSSR count). The molecule has 1 atom stereocenters. The van der Waals surface area contributed by atoms with E-state index in [2.05, 4.69) is 6.58 Å². The number of nitrogens with two attached hydrogens (primary N) is 1. The van der Waals surface area contributed by atoms with Crippen molar-refractivity contribution in [3.8, 4) is 0 Å². The topological polar surface area (TPSA) is 80.4 Å². The molecule has 0 spiro atoms. The first-order chi connectivity index (χ1) is 6.93. The molecular weight excluding hydrogens is 194 g/mol. The van der Waals surface area contributed by atoms with Gasteiger partial charge in [-0.25, -0.2) is 0 Å². The van der Waals surface area contributed by atoms with E-state index in [9.17, 15) is 9.59 Å². The fourth-order valence-electron chi connectivity index (χ4n) is 1.33. The molecule has 0 fully saturated rings. The van der Waals surface area contributed by atoms with Crippen LogP contribution in [0, 0.1) is 0 Å². The molecule has 0 aromatic rings. The molecule has 80 valence electrons. The highest BCUT2D eigenvalue weighted by molar-refractivity contribution is 6.11. The average molecular weight is 207 g/mol. The van der Waals surface area contributed by atoms with Gasteiger partial charge in [0.2, 0.25) is 0 Å². The van der Waals surface area contributed by atoms with E-state index in [1.54, 1.807) is 19.1 Å². The summed E-state index contributed by atoms with van der Waals surface area (Å²) in [6.07, 6.45) is 3.44. The second kappa shape index (κ2) is 4.23. The van der Waals surface area contributed by atoms with Gasteiger partial charge in [-0.1, -0.05) is 18.7 Å². The quantitative estimate of drug-likeness (QED) is 0.671. The van der Waals surface area contributed by atoms with Gasteiger partial charge in [0.15, 0.2) is 5.78 Å². The van der Waals surface area contributed by atoms with Gasteiger partial charge in [-0.2, -0.15) is 0 Å². The van der Waals surface area contributed by atoms with Crippen molar-refractivity contribution in [1.82, 2.24) is 0 Å². The van der Waals surface area contributed by atoms with Gasteiger partial charge in [0.05, 0.1) is 0 Å². The van der Waals surface area contributed by atoms with Crippen LogP contribution in [0.25, 0.3) is 0 Å². The Morgan fingerprint density at radius 3 is 2.73 bits per heavy atom. The summed E-state index contributed by atoms with van der Waals surface area (Å²) in [5.41, 5.74) is 7.00. The van der Waals surface area contributed by atoms with E-state index >= 15 is 0 Å². The zero-order valence-corrected chi connectivity index (χ0v) is 8.49. The largest absolute Gasteiger partial charge is 0.480 e. The van der Waals surface area contributed by atoms with Crippen LogP contribution in [0.15, 0.2) is 35.5 Å². The number of carboxylic acid groups (broad SMARTS) is 1. The van der Waals surface area contributed by atoms with E-state index in [0.29, 0.717) is 16.7 Å². The van der Waals surface area contributed by atoms with Crippen molar-refractivity contribution in [2.24, 2.45) is 5.73 Å². The SMILES string of the molecule is C=C1C=CC(CC(N)C(=O)O)=C(C)C1=O. The van der Waals surface area contributed by atoms with Crippen molar-refractivity contribution < 1.29 is 14.7 Å². The summed E-state index contributed by atoms with van der Waals surface area (Å²) in [5, 5.41) is 8.64. The highest BCUT2D eigenvalue weighted by Crippen LogP contribution is 2.21. The van der Waals surface area contributed by atoms with Crippen LogP contribution in [0.1, 0.15) is 13.3 Å². The number of hydrogen-bond donors (Lipinski definition) is 2. The Labute approximate surface area is 87.8 Å². The second-order valence-corrected chi connectivity index (χ2v) is 3.49. The molecule has 4 nitrogen and oxygen atoms in total. The first-order valence-electron chi connectivity index (χ1n) is 4.53. The number of carbonyl (C=O) groups excluding carboxylic acids is 1. The normalized spacial score (nSPS) is 18.3. The maximum absolute atomic E-state index is 11.5. The smallest absolute Gasteiger partial charge is 0.320 e. The number of rotatable bonds is 3. The fourth-order valence-corrected chi connectivity index (χ4v) is 1.33. The lowest BCUT2D eigenvalue weighted by atomic mass is 9.91. The molecule has 1 aliphatic carbocycles. The first-order valence-corrected chi connectivity index (χ1v) is 4.53. The zero-order chi connectivity index (χ0) is 11.6. The monoisotopic (exact) mass is 207 g/mol. The number of allylic oxidation sites excluding steroid dienone is 4. The van der Waals surface area contributed by atoms with Crippen LogP contribution in [0.4, 0.5) is 0 Å². The maximum Gasteiger partial charge on any atom is 0.320 e. The summed E-state index contributed by atoms with van der Waals surface area (Å²) in [5.74, 6) is -1.22. The van der Waals surface area contributed by atoms with E-state index in [0.717, 1.165) is 0 Å². The Hall–Kier alpha value is -1.68. The Bertz CT molecular complexity index is 391. The molecule has 1 aliphatic rings. The van der Waals surface area contributed by atoms with E-state index < -0.39 is 12.0 Å². The van der Waals surface area contributed by atoms with Crippen molar-refractivity contribution >= 4 is 11.8 Å². The lowest BCUT2D eigenvalue weighted by Gasteiger charge is -2.14. The lowest BCUT2D eigenvalue weighted by Crippen LogP contribution is -2.31. The van der Waals surface area contributed by atoms with Crippen LogP contribution in [-0.4, -0.2) is 22.9 Å². The van der Waals surface area contributed by atoms with Gasteiger partial charge < -0.3 is 10.8 Å². The van der Waals surface area contributed by atoms with Crippen molar-refractivity contribution in [3.05, 3.63) is 35.5 Å². The molecule has 1 unspecified atom stereocenters. The van der Waals surface area contributed by atoms with Gasteiger partial charge in [0.25, 0.3) is 0 Å². The van der Waals surface area contributed by atoms with Gasteiger partial charge in [-0.3, -0.25) is 9.59 Å². The Morgan fingerprint density at radius 1 is 1.60 bits per heavy atom. The summed E-state index contributed by atoms with van der Waals surface area (Å²) >= 11 is 0. The van der Waals surface area contributed by atoms with Crippen LogP contribution in [0.3, 0.4) is 0 Å². The number of ketones is 1. The van der Waals surface area contributed by atoms with E-state index in [1.807, 2.05) is 0 Å². The summed E-state index contributed by atoms with van der Waals surface area (Å²) < 4.78 is 0. The molecule has 3 N–H and O–H groups in total. The third kappa shape index (κ3) is 2.41. The highest BCUT2D eigenvalue weighted by atomic mass is 16.4. The van der Waals surface area contributed by atoms with Crippen molar-refractivity contribution in [1.29, 1.82) is 0 Å². The molecule has 0 aliphatic heterocycles. The zero-order valence-electron chi connectivity index (χ0n) is 8.49. The second-order valence-electron chi connectivity index (χ2n) is 3.49. The summed E-state index contributed by atoms with van der Waals surface area (Å²) in [6.45, 7) is 5.23. The standard InChI is InChI=1S/C11H13NO3/c1-6-3-4-8(7(2)10(6)13)5-9(12)11(14)15/h3-4,9H,1,5,12H2,2H3,(H,14,15). The van der Waals surface area contributed by atoms with Crippen LogP contribution in [0.5, 0.6) is 0 Å². The Morgan fingerprint density at radius 2 is 2.20 bits per heavy atom. The molecular formula is C11H13NO3. The average Bonchev–Trinajstić information content (AvgIpc) is 2.18. The van der Waals surface area contributed by atoms with Gasteiger partial charge in [0.1, 0.15) is 6.04 Å². The summed E-state index contributed by atoms with van der Waals surface area (Å²) in [7, 11) is 0. The van der Waals surface area contributed by atoms with Crippen LogP contribution < -0.4 is 5.73 Å². The van der Waals surface area contributed by atoms with Crippen LogP contribution in [-0.2, 0) is 9.59 Å². The molecule has 0 heterocycles. The molecule has 0 aromatic heterocycles. The summed E-state index contributed by atoms with van der Waals surface area (Å²) in [4.78, 5) is 22.0. The molecule has 15 heavy (non-hydrogen) atoms. The minimum Gasteiger partial charge on any atom is -0.480 e. The van der Waals surface area contributed by atoms with Crippen molar-refractivity contribution in [3.63, 3.8) is 0 Å². The Kier molecular flexibility index (Phi) is 3.21. The number of carbonyl (C=O) groups is 2. The minimum absolute atomic E-state index is 0.148. The maximum atomic E-state index is 11.5. The van der Waals surface area contributed by atoms with Gasteiger partial charge in [-0.15, -0.1) is 0 Å². The number of aliphatic carboxylic acids is 1. The highest BCUT2D eigenvalue weighted by Gasteiger charge is 2.20. The fraction of sp³-hybridized carbons (Fsp3) is 0.273. The van der Waals surface area contributed by atoms with Gasteiger partial charge in [-0.05, 0) is 18.9 Å². The Balaban J connectivity index is 2.88. The lowest BCUT2D eigenvalue weighted by molar-refractivity contribution is -0.138. The number of Topliss-reactive ketones (excluding diaryl/α,β-unsaturated/α-hetero) is 1. The summed E-state index contributed by atoms with van der Waals surface area (Å²) in [6, 6.07) is -0.973. The predicted octanol–water partition coefficient (Wildman–Crippen LogP) is 0.800. The molecule has 0 bridgehead atoms. The predicted molar refractivity (Wildman–Crippen MR) is 56.2 cm³/mol. The third-order valence-electron chi connectivity index (χ3n) is 2.36. The van der Waals surface area contributed by atoms with Gasteiger partial charge >= 0.3 is 5.97 Å². The molecule has 0 amide bonds. The van der Waals surface area contributed by atoms with E-state index in [-0.39, 0.29) is 12.2 Å². The minimum atomic E-state index is -1.07. The number of carboxylic acids is 1. The molecule has 0 saturated carbocycles. The molecule has 0 saturated heterocycles. The van der Waals surface area contributed by atoms with Gasteiger partial charge in [0, 0.05) is 11.1 Å². The first kappa shape index (κ1) is 11.4. The molecule has 0 radical (unpaired) electrons. The van der Waals surface area contributed by atoms with Crippen LogP contribution >= 0.6 is 0 Å². The van der Waals surface area contributed by atoms with Crippen molar-refractivity contribution in [2.75, 3.05) is 0 Å². The number of hydrogen-bond acceptors (Lipinski definition) is 3. The molecule has 0 aromatic carbocycles. The third-order valence-corrected chi connectivity index (χ3v) is 2.36. The van der Waals surface area contributed by atoms with E-state index in [1.165, 1.54) is 0 Å². The van der Waals surface area contributed by atoms with Crippen LogP contribution in [0.2, 0.25) is 0 Å². The molecule has 4 heteroatoms.